The Hall–Kier alpha value is -1.70. The number of carboxylic acids is 1. The molecule has 0 saturated heterocycles. The van der Waals surface area contributed by atoms with Gasteiger partial charge in [-0.3, -0.25) is 4.79 Å². The minimum Gasteiger partial charge on any atom is -0.550 e. The van der Waals surface area contributed by atoms with Crippen molar-refractivity contribution in [1.29, 1.82) is 0 Å². The summed E-state index contributed by atoms with van der Waals surface area (Å²) in [6, 6.07) is 15.3. The van der Waals surface area contributed by atoms with Crippen LogP contribution in [0.25, 0.3) is 0 Å². The quantitative estimate of drug-likeness (QED) is 0.306. The maximum absolute atomic E-state index is 13.0. The molecule has 0 saturated carbocycles. The molecule has 0 bridgehead atoms. The molecular formula is C19H19NaO6. The van der Waals surface area contributed by atoms with Crippen molar-refractivity contribution in [3.63, 3.8) is 0 Å². The van der Waals surface area contributed by atoms with Crippen LogP contribution in [0.5, 0.6) is 5.75 Å². The molecule has 132 valence electrons. The zero-order valence-electron chi connectivity index (χ0n) is 15.1. The van der Waals surface area contributed by atoms with Crippen LogP contribution in [0, 0.1) is 0 Å². The van der Waals surface area contributed by atoms with Crippen LogP contribution in [0.1, 0.15) is 22.3 Å². The van der Waals surface area contributed by atoms with Gasteiger partial charge in [-0.2, -0.15) is 0 Å². The minimum atomic E-state index is -1.54. The Kier molecular flexibility index (Phi) is 8.98. The van der Waals surface area contributed by atoms with Crippen LogP contribution >= 0.6 is 0 Å². The molecule has 0 fully saturated rings. The summed E-state index contributed by atoms with van der Waals surface area (Å²) in [6.45, 7) is -0.000276. The fraction of sp³-hybridized carbons (Fsp3) is 0.263. The molecule has 2 aromatic rings. The van der Waals surface area contributed by atoms with E-state index in [0.717, 1.165) is 0 Å². The van der Waals surface area contributed by atoms with Crippen molar-refractivity contribution in [2.75, 3.05) is 20.8 Å². The monoisotopic (exact) mass is 366 g/mol. The fourth-order valence-electron chi connectivity index (χ4n) is 2.44. The molecular weight excluding hydrogens is 347 g/mol. The summed E-state index contributed by atoms with van der Waals surface area (Å²) in [5, 5.41) is 10.4. The van der Waals surface area contributed by atoms with Gasteiger partial charge < -0.3 is 24.1 Å². The predicted octanol–water partition coefficient (Wildman–Crippen LogP) is -1.46. The summed E-state index contributed by atoms with van der Waals surface area (Å²) in [4.78, 5) is 23.3. The van der Waals surface area contributed by atoms with E-state index >= 15 is 0 Å². The second-order valence-corrected chi connectivity index (χ2v) is 5.21. The number of hydrogen-bond donors (Lipinski definition) is 0. The molecule has 0 aliphatic heterocycles. The first-order valence-corrected chi connectivity index (χ1v) is 7.67. The fourth-order valence-corrected chi connectivity index (χ4v) is 2.44. The molecule has 0 aromatic heterocycles. The first-order valence-electron chi connectivity index (χ1n) is 7.67. The van der Waals surface area contributed by atoms with E-state index < -0.39 is 11.8 Å². The van der Waals surface area contributed by atoms with Crippen LogP contribution in [-0.2, 0) is 20.1 Å². The van der Waals surface area contributed by atoms with Gasteiger partial charge in [0.05, 0.1) is 6.61 Å². The number of methoxy groups -OCH3 is 2. The molecule has 0 radical (unpaired) electrons. The van der Waals surface area contributed by atoms with Gasteiger partial charge in [0.15, 0.2) is 0 Å². The van der Waals surface area contributed by atoms with E-state index in [0.29, 0.717) is 16.9 Å². The molecule has 0 atom stereocenters. The van der Waals surface area contributed by atoms with Crippen LogP contribution in [0.3, 0.4) is 0 Å². The Morgan fingerprint density at radius 1 is 0.962 bits per heavy atom. The molecule has 7 heteroatoms. The number of carboxylic acid groups (broad SMARTS) is 1. The number of benzene rings is 2. The largest absolute Gasteiger partial charge is 1.00 e. The van der Waals surface area contributed by atoms with E-state index in [1.165, 1.54) is 14.2 Å². The van der Waals surface area contributed by atoms with Crippen molar-refractivity contribution in [3.05, 3.63) is 65.7 Å². The van der Waals surface area contributed by atoms with Gasteiger partial charge >= 0.3 is 29.6 Å². The second-order valence-electron chi connectivity index (χ2n) is 5.21. The number of ketones is 1. The molecule has 0 aliphatic rings. The number of carbonyl (C=O) groups is 2. The van der Waals surface area contributed by atoms with Crippen molar-refractivity contribution in [2.45, 2.75) is 12.2 Å². The van der Waals surface area contributed by atoms with Gasteiger partial charge in [0.2, 0.25) is 5.78 Å². The SMILES string of the molecule is COC(OC)(C(=O)c1ccc(OCCC(=O)[O-])cc1)c1ccccc1.[Na+]. The van der Waals surface area contributed by atoms with Gasteiger partial charge in [0.1, 0.15) is 5.75 Å². The number of rotatable bonds is 9. The van der Waals surface area contributed by atoms with E-state index in [9.17, 15) is 14.7 Å². The summed E-state index contributed by atoms with van der Waals surface area (Å²) in [7, 11) is 2.82. The van der Waals surface area contributed by atoms with Crippen LogP contribution < -0.4 is 39.4 Å². The normalized spacial score (nSPS) is 10.7. The summed E-state index contributed by atoms with van der Waals surface area (Å²) >= 11 is 0. The predicted molar refractivity (Wildman–Crippen MR) is 88.0 cm³/mol. The Labute approximate surface area is 174 Å². The number of carbonyl (C=O) groups excluding carboxylic acids is 2. The number of aliphatic carboxylic acids is 1. The van der Waals surface area contributed by atoms with Crippen molar-refractivity contribution in [1.82, 2.24) is 0 Å². The number of ether oxygens (including phenoxy) is 3. The zero-order valence-corrected chi connectivity index (χ0v) is 17.1. The van der Waals surface area contributed by atoms with Gasteiger partial charge in [-0.05, 0) is 24.3 Å². The average molecular weight is 366 g/mol. The molecule has 2 aromatic carbocycles. The molecule has 0 amide bonds. The van der Waals surface area contributed by atoms with Crippen LogP contribution in [-0.4, -0.2) is 32.6 Å². The van der Waals surface area contributed by atoms with E-state index in [1.54, 1.807) is 48.5 Å². The van der Waals surface area contributed by atoms with Gasteiger partial charge in [0, 0.05) is 37.7 Å². The van der Waals surface area contributed by atoms with E-state index in [4.69, 9.17) is 14.2 Å². The average Bonchev–Trinajstić information content (AvgIpc) is 2.64. The smallest absolute Gasteiger partial charge is 0.550 e. The van der Waals surface area contributed by atoms with E-state index in [-0.39, 0.29) is 48.4 Å². The van der Waals surface area contributed by atoms with Crippen molar-refractivity contribution in [3.8, 4) is 5.75 Å². The van der Waals surface area contributed by atoms with E-state index in [1.807, 2.05) is 6.07 Å². The van der Waals surface area contributed by atoms with Crippen molar-refractivity contribution < 1.29 is 58.5 Å². The van der Waals surface area contributed by atoms with Crippen LogP contribution in [0.4, 0.5) is 0 Å². The van der Waals surface area contributed by atoms with Gasteiger partial charge in [-0.1, -0.05) is 30.3 Å². The van der Waals surface area contributed by atoms with Gasteiger partial charge in [0.25, 0.3) is 5.79 Å². The number of Topliss-reactive ketones (excluding diaryl/α,β-unsaturated/α-hetero) is 1. The molecule has 6 nitrogen and oxygen atoms in total. The Bertz CT molecular complexity index is 711. The zero-order chi connectivity index (χ0) is 18.3. The Balaban J connectivity index is 0.00000338. The maximum atomic E-state index is 13.0. The molecule has 0 heterocycles. The van der Waals surface area contributed by atoms with Gasteiger partial charge in [-0.25, -0.2) is 0 Å². The van der Waals surface area contributed by atoms with Crippen LogP contribution in [0.2, 0.25) is 0 Å². The van der Waals surface area contributed by atoms with E-state index in [2.05, 4.69) is 0 Å². The summed E-state index contributed by atoms with van der Waals surface area (Å²) in [6.07, 6.45) is -0.203. The third-order valence-corrected chi connectivity index (χ3v) is 3.72. The topological polar surface area (TPSA) is 84.9 Å². The van der Waals surface area contributed by atoms with Gasteiger partial charge in [-0.15, -0.1) is 0 Å². The first kappa shape index (κ1) is 22.3. The van der Waals surface area contributed by atoms with Crippen molar-refractivity contribution >= 4 is 11.8 Å². The van der Waals surface area contributed by atoms with Crippen LogP contribution in [0.15, 0.2) is 54.6 Å². The Morgan fingerprint density at radius 3 is 2.04 bits per heavy atom. The molecule has 0 spiro atoms. The summed E-state index contributed by atoms with van der Waals surface area (Å²) < 4.78 is 16.2. The number of hydrogen-bond acceptors (Lipinski definition) is 6. The molecule has 0 unspecified atom stereocenters. The molecule has 26 heavy (non-hydrogen) atoms. The first-order chi connectivity index (χ1) is 12.0. The summed E-state index contributed by atoms with van der Waals surface area (Å²) in [5.41, 5.74) is 0.957. The molecule has 2 rings (SSSR count). The summed E-state index contributed by atoms with van der Waals surface area (Å²) in [5.74, 6) is -2.62. The minimum absolute atomic E-state index is 0. The standard InChI is InChI=1S/C19H20O6.Na/c1-23-19(24-2,15-6-4-3-5-7-15)18(22)14-8-10-16(11-9-14)25-13-12-17(20)21;/h3-11H,12-13H2,1-2H3,(H,20,21);/q;+1/p-1. The molecule has 0 N–H and O–H groups in total. The Morgan fingerprint density at radius 2 is 1.54 bits per heavy atom. The maximum Gasteiger partial charge on any atom is 1.00 e. The third-order valence-electron chi connectivity index (χ3n) is 3.72. The molecule has 0 aliphatic carbocycles. The van der Waals surface area contributed by atoms with Crippen molar-refractivity contribution in [2.24, 2.45) is 0 Å². The second kappa shape index (κ2) is 10.4. The third kappa shape index (κ3) is 5.16.